The number of alkyl halides is 2. The van der Waals surface area contributed by atoms with Crippen molar-refractivity contribution in [1.82, 2.24) is 24.6 Å². The summed E-state index contributed by atoms with van der Waals surface area (Å²) < 4.78 is 33.5. The summed E-state index contributed by atoms with van der Waals surface area (Å²) in [6, 6.07) is 10.4. The average Bonchev–Trinajstić information content (AvgIpc) is 3.36. The Labute approximate surface area is 200 Å². The number of rotatable bonds is 6. The molecule has 3 aromatic heterocycles. The molecular weight excluding hydrogens is 454 g/mol. The fraction of sp³-hybridized carbons (Fsp3) is 0.280. The maximum Gasteiger partial charge on any atom is 0.387 e. The number of hydrogen-bond donors (Lipinski definition) is 1. The van der Waals surface area contributed by atoms with Gasteiger partial charge in [0.25, 0.3) is 5.91 Å². The van der Waals surface area contributed by atoms with Gasteiger partial charge in [0.15, 0.2) is 11.6 Å². The lowest BCUT2D eigenvalue weighted by atomic mass is 10.1. The monoisotopic (exact) mass is 478 g/mol. The number of pyridine rings is 2. The molecule has 10 heteroatoms. The van der Waals surface area contributed by atoms with Crippen LogP contribution >= 0.6 is 0 Å². The Morgan fingerprint density at radius 3 is 2.60 bits per heavy atom. The van der Waals surface area contributed by atoms with Crippen LogP contribution in [0.5, 0.6) is 5.75 Å². The van der Waals surface area contributed by atoms with Crippen LogP contribution in [0.15, 0.2) is 61.2 Å². The summed E-state index contributed by atoms with van der Waals surface area (Å²) >= 11 is 0. The highest BCUT2D eigenvalue weighted by molar-refractivity contribution is 6.06. The lowest BCUT2D eigenvalue weighted by Gasteiger charge is -2.28. The van der Waals surface area contributed by atoms with Gasteiger partial charge in [0.05, 0.1) is 17.9 Å². The standard InChI is InChI=1S/C25H24F2N6O2/c1-32-9-7-19(8-10-32)33-15-18(14-30-33)21-11-20-17(12-28-21)13-29-23(22(20)35-25(26)27)31-24(34)16-5-3-2-4-6-16/h2-6,11-15,19,25H,7-10H2,1H3,(H,29,31,34). The van der Waals surface area contributed by atoms with Crippen LogP contribution in [-0.4, -0.2) is 57.3 Å². The number of halogens is 2. The third-order valence-electron chi connectivity index (χ3n) is 6.16. The van der Waals surface area contributed by atoms with Gasteiger partial charge in [-0.2, -0.15) is 13.9 Å². The van der Waals surface area contributed by atoms with Gasteiger partial charge in [-0.25, -0.2) is 4.98 Å². The minimum Gasteiger partial charge on any atom is -0.430 e. The largest absolute Gasteiger partial charge is 0.430 e. The van der Waals surface area contributed by atoms with E-state index in [0.717, 1.165) is 31.5 Å². The first-order valence-corrected chi connectivity index (χ1v) is 11.3. The number of carbonyl (C=O) groups excluding carboxylic acids is 1. The number of hydrogen-bond acceptors (Lipinski definition) is 6. The maximum absolute atomic E-state index is 13.4. The van der Waals surface area contributed by atoms with E-state index in [0.29, 0.717) is 28.1 Å². The molecule has 0 atom stereocenters. The Morgan fingerprint density at radius 2 is 1.86 bits per heavy atom. The molecule has 1 N–H and O–H groups in total. The highest BCUT2D eigenvalue weighted by Crippen LogP contribution is 2.35. The summed E-state index contributed by atoms with van der Waals surface area (Å²) in [5.74, 6) is -0.788. The van der Waals surface area contributed by atoms with Crippen LogP contribution in [0.25, 0.3) is 22.0 Å². The molecular formula is C25H24F2N6O2. The number of aromatic nitrogens is 4. The molecule has 0 radical (unpaired) electrons. The first-order valence-electron chi connectivity index (χ1n) is 11.3. The normalized spacial score (nSPS) is 15.0. The van der Waals surface area contributed by atoms with Crippen LogP contribution in [0.1, 0.15) is 29.2 Å². The number of benzene rings is 1. The van der Waals surface area contributed by atoms with Crippen LogP contribution in [0.4, 0.5) is 14.6 Å². The Balaban J connectivity index is 1.49. The van der Waals surface area contributed by atoms with E-state index in [9.17, 15) is 13.6 Å². The van der Waals surface area contributed by atoms with Gasteiger partial charge < -0.3 is 15.0 Å². The highest BCUT2D eigenvalue weighted by atomic mass is 19.3. The van der Waals surface area contributed by atoms with E-state index in [1.165, 1.54) is 6.20 Å². The molecule has 0 unspecified atom stereocenters. The number of amides is 1. The van der Waals surface area contributed by atoms with E-state index < -0.39 is 12.5 Å². The van der Waals surface area contributed by atoms with E-state index in [-0.39, 0.29) is 11.6 Å². The van der Waals surface area contributed by atoms with Gasteiger partial charge in [0.2, 0.25) is 0 Å². The molecule has 4 heterocycles. The van der Waals surface area contributed by atoms with Crippen molar-refractivity contribution >= 4 is 22.5 Å². The molecule has 1 fully saturated rings. The van der Waals surface area contributed by atoms with E-state index in [4.69, 9.17) is 4.74 Å². The number of likely N-dealkylation sites (tertiary alicyclic amines) is 1. The van der Waals surface area contributed by atoms with E-state index >= 15 is 0 Å². The Morgan fingerprint density at radius 1 is 1.11 bits per heavy atom. The van der Waals surface area contributed by atoms with Crippen LogP contribution < -0.4 is 10.1 Å². The predicted octanol–water partition coefficient (Wildman–Crippen LogP) is 4.61. The average molecular weight is 479 g/mol. The number of anilines is 1. The fourth-order valence-electron chi connectivity index (χ4n) is 4.24. The van der Waals surface area contributed by atoms with Gasteiger partial charge in [-0.1, -0.05) is 18.2 Å². The van der Waals surface area contributed by atoms with Crippen LogP contribution in [0.3, 0.4) is 0 Å². The van der Waals surface area contributed by atoms with Crippen LogP contribution in [-0.2, 0) is 0 Å². The molecule has 0 saturated carbocycles. The molecule has 1 amide bonds. The molecule has 5 rings (SSSR count). The van der Waals surface area contributed by atoms with Gasteiger partial charge in [0.1, 0.15) is 0 Å². The van der Waals surface area contributed by atoms with Crippen molar-refractivity contribution < 1.29 is 18.3 Å². The summed E-state index contributed by atoms with van der Waals surface area (Å²) in [5, 5.41) is 7.97. The molecule has 35 heavy (non-hydrogen) atoms. The Kier molecular flexibility index (Phi) is 6.37. The van der Waals surface area contributed by atoms with Crippen molar-refractivity contribution in [3.63, 3.8) is 0 Å². The number of nitrogens with zero attached hydrogens (tertiary/aromatic N) is 5. The SMILES string of the molecule is CN1CCC(n2cc(-c3cc4c(OC(F)F)c(NC(=O)c5ccccc5)ncc4cn3)cn2)CC1. The molecule has 1 saturated heterocycles. The Bertz CT molecular complexity index is 1340. The second-order valence-corrected chi connectivity index (χ2v) is 8.53. The third-order valence-corrected chi connectivity index (χ3v) is 6.16. The van der Waals surface area contributed by atoms with Crippen LogP contribution in [0.2, 0.25) is 0 Å². The molecule has 4 aromatic rings. The highest BCUT2D eigenvalue weighted by Gasteiger charge is 2.21. The van der Waals surface area contributed by atoms with Gasteiger partial charge in [-0.05, 0) is 51.2 Å². The smallest absolute Gasteiger partial charge is 0.387 e. The molecule has 0 aliphatic carbocycles. The number of fused-ring (bicyclic) bond motifs is 1. The van der Waals surface area contributed by atoms with Crippen molar-refractivity contribution in [3.05, 3.63) is 66.7 Å². The molecule has 0 spiro atoms. The zero-order chi connectivity index (χ0) is 24.4. The summed E-state index contributed by atoms with van der Waals surface area (Å²) in [5.41, 5.74) is 1.69. The van der Waals surface area contributed by atoms with Crippen molar-refractivity contribution in [1.29, 1.82) is 0 Å². The molecule has 1 aliphatic rings. The predicted molar refractivity (Wildman–Crippen MR) is 128 cm³/mol. The van der Waals surface area contributed by atoms with Gasteiger partial charge in [0, 0.05) is 40.5 Å². The molecule has 1 aliphatic heterocycles. The third kappa shape index (κ3) is 4.97. The second-order valence-electron chi connectivity index (χ2n) is 8.53. The Hall–Kier alpha value is -3.92. The maximum atomic E-state index is 13.4. The zero-order valence-electron chi connectivity index (χ0n) is 19.1. The van der Waals surface area contributed by atoms with Crippen LogP contribution in [0, 0.1) is 0 Å². The minimum absolute atomic E-state index is 0.0918. The van der Waals surface area contributed by atoms with Crippen molar-refractivity contribution in [2.75, 3.05) is 25.5 Å². The quantitative estimate of drug-likeness (QED) is 0.436. The minimum atomic E-state index is -3.10. The molecule has 8 nitrogen and oxygen atoms in total. The summed E-state index contributed by atoms with van der Waals surface area (Å²) in [6.45, 7) is -1.08. The second kappa shape index (κ2) is 9.75. The fourth-order valence-corrected chi connectivity index (χ4v) is 4.24. The summed E-state index contributed by atoms with van der Waals surface area (Å²) in [4.78, 5) is 23.5. The van der Waals surface area contributed by atoms with Crippen molar-refractivity contribution in [2.45, 2.75) is 25.5 Å². The zero-order valence-corrected chi connectivity index (χ0v) is 19.1. The van der Waals surface area contributed by atoms with E-state index in [1.54, 1.807) is 48.8 Å². The van der Waals surface area contributed by atoms with Gasteiger partial charge in [-0.15, -0.1) is 0 Å². The molecule has 0 bridgehead atoms. The lowest BCUT2D eigenvalue weighted by Crippen LogP contribution is -2.31. The van der Waals surface area contributed by atoms with E-state index in [1.807, 2.05) is 10.9 Å². The molecule has 1 aromatic carbocycles. The first kappa shape index (κ1) is 22.9. The topological polar surface area (TPSA) is 85.2 Å². The number of carbonyl (C=O) groups is 1. The van der Waals surface area contributed by atoms with Crippen molar-refractivity contribution in [2.24, 2.45) is 0 Å². The van der Waals surface area contributed by atoms with Crippen molar-refractivity contribution in [3.8, 4) is 17.0 Å². The first-order chi connectivity index (χ1) is 17.0. The molecule has 180 valence electrons. The number of nitrogens with one attached hydrogen (secondary N) is 1. The van der Waals surface area contributed by atoms with E-state index in [2.05, 4.69) is 32.3 Å². The number of piperidine rings is 1. The lowest BCUT2D eigenvalue weighted by molar-refractivity contribution is -0.0485. The van der Waals surface area contributed by atoms with Gasteiger partial charge >= 0.3 is 6.61 Å². The summed E-state index contributed by atoms with van der Waals surface area (Å²) in [7, 11) is 2.11. The van der Waals surface area contributed by atoms with Gasteiger partial charge in [-0.3, -0.25) is 14.5 Å². The summed E-state index contributed by atoms with van der Waals surface area (Å²) in [6.07, 6.45) is 8.67. The number of ether oxygens (including phenoxy) is 1.